The summed E-state index contributed by atoms with van der Waals surface area (Å²) >= 11 is 0. The Labute approximate surface area is 235 Å². The lowest BCUT2D eigenvalue weighted by Crippen LogP contribution is -2.40. The number of hydrogen-bond acceptors (Lipinski definition) is 7. The first-order valence-corrected chi connectivity index (χ1v) is 12.7. The lowest BCUT2D eigenvalue weighted by molar-refractivity contribution is -0.137. The number of likely N-dealkylation sites (tertiary alicyclic amines) is 1. The van der Waals surface area contributed by atoms with Gasteiger partial charge in [0, 0.05) is 42.3 Å². The molecule has 0 spiro atoms. The van der Waals surface area contributed by atoms with Gasteiger partial charge in [-0.2, -0.15) is 0 Å². The number of ether oxygens (including phenoxy) is 1. The Hall–Kier alpha value is -5.20. The fourth-order valence-corrected chi connectivity index (χ4v) is 4.13. The standard InChI is InChI=1S/C28H31N5O8/c1-16(34)31-22(28(39)40)12-19-8-9-20(25(29)30)13-23(19)41-15-21(14-24(35)36)32-26(37)17-4-6-18(7-5-17)27(38)33-10-2-3-11-33/h4-9,12-13,21H,2-3,10-11,14-15H2,1H3,(H3,29,30)(H,31,34)(H,32,37)(H,35,36)(H,39,40)/b22-12+/t21-/m1/s1. The van der Waals surface area contributed by atoms with Gasteiger partial charge in [-0.15, -0.1) is 0 Å². The first-order valence-electron chi connectivity index (χ1n) is 12.7. The third-order valence-corrected chi connectivity index (χ3v) is 6.15. The van der Waals surface area contributed by atoms with Gasteiger partial charge in [0.05, 0.1) is 12.5 Å². The van der Waals surface area contributed by atoms with Gasteiger partial charge in [0.25, 0.3) is 11.8 Å². The predicted molar refractivity (Wildman–Crippen MR) is 147 cm³/mol. The van der Waals surface area contributed by atoms with E-state index < -0.39 is 41.9 Å². The normalized spacial score (nSPS) is 13.7. The predicted octanol–water partition coefficient (Wildman–Crippen LogP) is 1.42. The molecule has 1 heterocycles. The first-order chi connectivity index (χ1) is 19.4. The van der Waals surface area contributed by atoms with E-state index >= 15 is 0 Å². The number of benzene rings is 2. The number of carbonyl (C=O) groups excluding carboxylic acids is 3. The van der Waals surface area contributed by atoms with Crippen LogP contribution in [0, 0.1) is 5.41 Å². The molecule has 13 heteroatoms. The maximum atomic E-state index is 12.9. The van der Waals surface area contributed by atoms with Gasteiger partial charge in [-0.05, 0) is 49.2 Å². The largest absolute Gasteiger partial charge is 0.491 e. The van der Waals surface area contributed by atoms with Crippen molar-refractivity contribution in [1.29, 1.82) is 5.41 Å². The zero-order valence-electron chi connectivity index (χ0n) is 22.3. The molecule has 0 bridgehead atoms. The third-order valence-electron chi connectivity index (χ3n) is 6.15. The maximum absolute atomic E-state index is 12.9. The highest BCUT2D eigenvalue weighted by molar-refractivity contribution is 5.99. The van der Waals surface area contributed by atoms with E-state index in [1.807, 2.05) is 0 Å². The smallest absolute Gasteiger partial charge is 0.352 e. The highest BCUT2D eigenvalue weighted by Crippen LogP contribution is 2.24. The molecule has 1 fully saturated rings. The molecule has 1 atom stereocenters. The molecule has 216 valence electrons. The van der Waals surface area contributed by atoms with Gasteiger partial charge < -0.3 is 36.2 Å². The number of nitrogens with one attached hydrogen (secondary N) is 3. The van der Waals surface area contributed by atoms with E-state index in [1.54, 1.807) is 17.0 Å². The van der Waals surface area contributed by atoms with Crippen LogP contribution in [0.25, 0.3) is 6.08 Å². The number of nitrogens with zero attached hydrogens (tertiary/aromatic N) is 1. The highest BCUT2D eigenvalue weighted by Gasteiger charge is 2.22. The van der Waals surface area contributed by atoms with Crippen LogP contribution < -0.4 is 21.1 Å². The van der Waals surface area contributed by atoms with Gasteiger partial charge in [0.1, 0.15) is 23.9 Å². The molecule has 2 aromatic rings. The molecule has 0 radical (unpaired) electrons. The van der Waals surface area contributed by atoms with E-state index in [-0.39, 0.29) is 40.8 Å². The van der Waals surface area contributed by atoms with E-state index in [2.05, 4.69) is 10.6 Å². The van der Waals surface area contributed by atoms with Crippen molar-refractivity contribution in [3.05, 3.63) is 70.4 Å². The van der Waals surface area contributed by atoms with Gasteiger partial charge >= 0.3 is 11.9 Å². The summed E-state index contributed by atoms with van der Waals surface area (Å²) in [6.07, 6.45) is 2.54. The van der Waals surface area contributed by atoms with Crippen LogP contribution in [0.3, 0.4) is 0 Å². The minimum atomic E-state index is -1.41. The monoisotopic (exact) mass is 565 g/mol. The fourth-order valence-electron chi connectivity index (χ4n) is 4.13. The van der Waals surface area contributed by atoms with Crippen molar-refractivity contribution in [2.45, 2.75) is 32.2 Å². The SMILES string of the molecule is CC(=O)N/C(=C/c1ccc(C(=N)N)cc1OC[C@@H](CC(=O)O)NC(=O)c1ccc(C(=O)N2CCCC2)cc1)C(=O)O. The molecule has 3 amide bonds. The minimum Gasteiger partial charge on any atom is -0.491 e. The number of nitrogens with two attached hydrogens (primary N) is 1. The van der Waals surface area contributed by atoms with Crippen molar-refractivity contribution in [3.8, 4) is 5.75 Å². The van der Waals surface area contributed by atoms with E-state index in [0.717, 1.165) is 25.8 Å². The van der Waals surface area contributed by atoms with E-state index in [9.17, 15) is 34.2 Å². The molecule has 13 nitrogen and oxygen atoms in total. The van der Waals surface area contributed by atoms with Crippen LogP contribution in [0.5, 0.6) is 5.75 Å². The average molecular weight is 566 g/mol. The van der Waals surface area contributed by atoms with Crippen LogP contribution in [0.15, 0.2) is 48.2 Å². The molecule has 1 saturated heterocycles. The van der Waals surface area contributed by atoms with Gasteiger partial charge in [0.2, 0.25) is 5.91 Å². The number of aliphatic carboxylic acids is 2. The van der Waals surface area contributed by atoms with Gasteiger partial charge in [-0.1, -0.05) is 12.1 Å². The quantitative estimate of drug-likeness (QED) is 0.125. The summed E-state index contributed by atoms with van der Waals surface area (Å²) in [7, 11) is 0. The van der Waals surface area contributed by atoms with Crippen molar-refractivity contribution in [2.75, 3.05) is 19.7 Å². The zero-order valence-corrected chi connectivity index (χ0v) is 22.3. The Morgan fingerprint density at radius 2 is 1.63 bits per heavy atom. The number of hydrogen-bond donors (Lipinski definition) is 6. The summed E-state index contributed by atoms with van der Waals surface area (Å²) in [6, 6.07) is 9.25. The second-order valence-corrected chi connectivity index (χ2v) is 9.37. The van der Waals surface area contributed by atoms with Crippen LogP contribution in [0.4, 0.5) is 0 Å². The average Bonchev–Trinajstić information content (AvgIpc) is 3.46. The number of carboxylic acid groups (broad SMARTS) is 2. The van der Waals surface area contributed by atoms with Crippen molar-refractivity contribution < 1.29 is 38.9 Å². The lowest BCUT2D eigenvalue weighted by Gasteiger charge is -2.20. The van der Waals surface area contributed by atoms with Crippen LogP contribution in [0.2, 0.25) is 0 Å². The highest BCUT2D eigenvalue weighted by atomic mass is 16.5. The minimum absolute atomic E-state index is 0.0382. The molecule has 1 aliphatic rings. The van der Waals surface area contributed by atoms with Crippen LogP contribution in [0.1, 0.15) is 58.0 Å². The van der Waals surface area contributed by atoms with Crippen LogP contribution in [-0.4, -0.2) is 76.3 Å². The maximum Gasteiger partial charge on any atom is 0.352 e. The summed E-state index contributed by atoms with van der Waals surface area (Å²) < 4.78 is 5.79. The number of carboxylic acids is 2. The Bertz CT molecular complexity index is 1380. The van der Waals surface area contributed by atoms with Crippen LogP contribution in [-0.2, 0) is 14.4 Å². The van der Waals surface area contributed by atoms with E-state index in [0.29, 0.717) is 18.7 Å². The van der Waals surface area contributed by atoms with Crippen molar-refractivity contribution >= 4 is 41.6 Å². The second kappa shape index (κ2) is 13.7. The third kappa shape index (κ3) is 8.65. The summed E-state index contributed by atoms with van der Waals surface area (Å²) in [5.41, 5.74) is 6.22. The number of amidine groups is 1. The Balaban J connectivity index is 1.79. The summed E-state index contributed by atoms with van der Waals surface area (Å²) in [5.74, 6) is -4.19. The summed E-state index contributed by atoms with van der Waals surface area (Å²) in [5, 5.41) is 31.3. The zero-order chi connectivity index (χ0) is 30.1. The van der Waals surface area contributed by atoms with E-state index in [1.165, 1.54) is 30.3 Å². The Morgan fingerprint density at radius 3 is 2.20 bits per heavy atom. The molecule has 1 aliphatic heterocycles. The number of carbonyl (C=O) groups is 5. The first kappa shape index (κ1) is 30.3. The number of amides is 3. The molecule has 0 aliphatic carbocycles. The number of nitrogen functional groups attached to an aromatic ring is 1. The molecule has 0 unspecified atom stereocenters. The van der Waals surface area contributed by atoms with Crippen molar-refractivity contribution in [2.24, 2.45) is 5.73 Å². The molecule has 0 saturated carbocycles. The van der Waals surface area contributed by atoms with Gasteiger partial charge in [0.15, 0.2) is 0 Å². The molecule has 7 N–H and O–H groups in total. The topological polar surface area (TPSA) is 212 Å². The van der Waals surface area contributed by atoms with Crippen molar-refractivity contribution in [3.63, 3.8) is 0 Å². The van der Waals surface area contributed by atoms with E-state index in [4.69, 9.17) is 15.9 Å². The fraction of sp³-hybridized carbons (Fsp3) is 0.286. The molecular weight excluding hydrogens is 534 g/mol. The number of rotatable bonds is 12. The lowest BCUT2D eigenvalue weighted by atomic mass is 10.1. The molecule has 41 heavy (non-hydrogen) atoms. The van der Waals surface area contributed by atoms with Gasteiger partial charge in [-0.25, -0.2) is 4.79 Å². The van der Waals surface area contributed by atoms with Gasteiger partial charge in [-0.3, -0.25) is 24.6 Å². The second-order valence-electron chi connectivity index (χ2n) is 9.37. The summed E-state index contributed by atoms with van der Waals surface area (Å²) in [6.45, 7) is 2.19. The Kier molecular flexibility index (Phi) is 10.2. The van der Waals surface area contributed by atoms with Crippen LogP contribution >= 0.6 is 0 Å². The molecule has 2 aromatic carbocycles. The summed E-state index contributed by atoms with van der Waals surface area (Å²) in [4.78, 5) is 61.7. The molecular formula is C28H31N5O8. The molecule has 3 rings (SSSR count). The molecule has 0 aromatic heterocycles. The Morgan fingerprint density at radius 1 is 1.02 bits per heavy atom. The van der Waals surface area contributed by atoms with Crippen molar-refractivity contribution in [1.82, 2.24) is 15.5 Å².